The molecule has 0 unspecified atom stereocenters. The van der Waals surface area contributed by atoms with E-state index in [1.807, 2.05) is 6.92 Å². The van der Waals surface area contributed by atoms with Crippen LogP contribution in [0.3, 0.4) is 0 Å². The molecule has 5 heteroatoms. The van der Waals surface area contributed by atoms with Crippen LogP contribution < -0.4 is 0 Å². The van der Waals surface area contributed by atoms with Crippen molar-refractivity contribution in [2.24, 2.45) is 0 Å². The lowest BCUT2D eigenvalue weighted by Gasteiger charge is -1.98. The standard InChI is InChI=1S/C7H8N2O2S/c1-2-5-8-4(7(10)11)3-6(12)9-5/h3H,2H2,1H3,(H,10,11)(H,8,9,12). The second kappa shape index (κ2) is 3.44. The lowest BCUT2D eigenvalue weighted by Crippen LogP contribution is -2.04. The molecule has 4 nitrogen and oxygen atoms in total. The van der Waals surface area contributed by atoms with Crippen molar-refractivity contribution < 1.29 is 9.90 Å². The summed E-state index contributed by atoms with van der Waals surface area (Å²) in [5, 5.41) is 8.62. The molecule has 0 aromatic carbocycles. The fourth-order valence-electron chi connectivity index (χ4n) is 0.791. The number of aromatic carboxylic acids is 1. The Bertz CT molecular complexity index is 359. The fourth-order valence-corrected chi connectivity index (χ4v) is 1.02. The maximum Gasteiger partial charge on any atom is 0.352 e. The summed E-state index contributed by atoms with van der Waals surface area (Å²) in [6.07, 6.45) is 0.644. The Morgan fingerprint density at radius 2 is 2.50 bits per heavy atom. The van der Waals surface area contributed by atoms with Crippen molar-refractivity contribution >= 4 is 18.2 Å². The molecule has 0 aliphatic carbocycles. The molecule has 0 saturated carbocycles. The van der Waals surface area contributed by atoms with Crippen LogP contribution in [0.15, 0.2) is 6.07 Å². The molecule has 0 amide bonds. The van der Waals surface area contributed by atoms with Crippen LogP contribution in [0.1, 0.15) is 23.2 Å². The van der Waals surface area contributed by atoms with Crippen molar-refractivity contribution in [1.82, 2.24) is 9.97 Å². The number of aromatic nitrogens is 2. The molecule has 0 aliphatic rings. The molecule has 0 fully saturated rings. The minimum Gasteiger partial charge on any atom is -0.477 e. The minimum absolute atomic E-state index is 0.0897. The van der Waals surface area contributed by atoms with Crippen LogP contribution in [0, 0.1) is 4.64 Å². The molecule has 0 saturated heterocycles. The third kappa shape index (κ3) is 1.88. The van der Waals surface area contributed by atoms with Crippen molar-refractivity contribution in [3.05, 3.63) is 22.2 Å². The molecule has 0 bridgehead atoms. The number of aryl methyl sites for hydroxylation is 1. The molecule has 1 heterocycles. The number of rotatable bonds is 2. The summed E-state index contributed by atoms with van der Waals surface area (Å²) < 4.78 is 0.308. The maximum atomic E-state index is 10.5. The fraction of sp³-hybridized carbons (Fsp3) is 0.286. The van der Waals surface area contributed by atoms with Gasteiger partial charge in [-0.2, -0.15) is 0 Å². The van der Waals surface area contributed by atoms with Crippen molar-refractivity contribution in [2.75, 3.05) is 0 Å². The van der Waals surface area contributed by atoms with Gasteiger partial charge < -0.3 is 10.1 Å². The Kier molecular flexibility index (Phi) is 2.54. The predicted octanol–water partition coefficient (Wildman–Crippen LogP) is 1.40. The van der Waals surface area contributed by atoms with Gasteiger partial charge in [0, 0.05) is 12.5 Å². The monoisotopic (exact) mass is 184 g/mol. The zero-order valence-electron chi connectivity index (χ0n) is 6.50. The molecule has 1 rings (SSSR count). The van der Waals surface area contributed by atoms with E-state index in [9.17, 15) is 4.79 Å². The number of nitrogens with one attached hydrogen (secondary N) is 1. The number of nitrogens with zero attached hydrogens (tertiary/aromatic N) is 1. The van der Waals surface area contributed by atoms with Crippen LogP contribution in [0.5, 0.6) is 0 Å². The Hall–Kier alpha value is -1.23. The summed E-state index contributed by atoms with van der Waals surface area (Å²) in [6, 6.07) is 1.33. The van der Waals surface area contributed by atoms with Crippen LogP contribution in [-0.2, 0) is 6.42 Å². The van der Waals surface area contributed by atoms with Gasteiger partial charge in [0.1, 0.15) is 16.2 Å². The lowest BCUT2D eigenvalue weighted by atomic mass is 10.4. The Morgan fingerprint density at radius 1 is 1.83 bits per heavy atom. The van der Waals surface area contributed by atoms with E-state index in [4.69, 9.17) is 17.3 Å². The second-order valence-corrected chi connectivity index (χ2v) is 2.66. The van der Waals surface area contributed by atoms with E-state index in [1.165, 1.54) is 6.07 Å². The van der Waals surface area contributed by atoms with Crippen LogP contribution in [0.4, 0.5) is 0 Å². The van der Waals surface area contributed by atoms with E-state index in [0.29, 0.717) is 16.9 Å². The Balaban J connectivity index is 3.24. The van der Waals surface area contributed by atoms with Gasteiger partial charge >= 0.3 is 5.97 Å². The summed E-state index contributed by atoms with van der Waals surface area (Å²) in [6.45, 7) is 1.87. The van der Waals surface area contributed by atoms with Crippen LogP contribution >= 0.6 is 12.2 Å². The number of carboxylic acids is 1. The minimum atomic E-state index is -1.02. The zero-order valence-corrected chi connectivity index (χ0v) is 7.31. The summed E-state index contributed by atoms with van der Waals surface area (Å²) in [5.41, 5.74) is 0.0897. The topological polar surface area (TPSA) is 66.0 Å². The summed E-state index contributed by atoms with van der Waals surface area (Å²) >= 11 is 4.78. The number of hydrogen-bond acceptors (Lipinski definition) is 3. The normalized spacial score (nSPS) is 9.75. The summed E-state index contributed by atoms with van der Waals surface area (Å²) in [4.78, 5) is 17.1. The predicted molar refractivity (Wildman–Crippen MR) is 45.8 cm³/mol. The van der Waals surface area contributed by atoms with Crippen molar-refractivity contribution in [2.45, 2.75) is 13.3 Å². The van der Waals surface area contributed by atoms with Gasteiger partial charge in [-0.05, 0) is 0 Å². The highest BCUT2D eigenvalue weighted by atomic mass is 32.1. The first-order valence-corrected chi connectivity index (χ1v) is 3.88. The molecule has 2 N–H and O–H groups in total. The van der Waals surface area contributed by atoms with Gasteiger partial charge in [-0.1, -0.05) is 19.1 Å². The average molecular weight is 184 g/mol. The number of hydrogen-bond donors (Lipinski definition) is 2. The molecule has 12 heavy (non-hydrogen) atoms. The SMILES string of the molecule is CCc1nc(=S)cc(C(=O)O)[nH]1. The number of carbonyl (C=O) groups is 1. The number of carboxylic acid groups (broad SMARTS) is 1. The van der Waals surface area contributed by atoms with E-state index in [1.54, 1.807) is 0 Å². The van der Waals surface area contributed by atoms with Crippen molar-refractivity contribution in [3.8, 4) is 0 Å². The highest BCUT2D eigenvalue weighted by Gasteiger charge is 2.03. The van der Waals surface area contributed by atoms with Crippen LogP contribution in [0.25, 0.3) is 0 Å². The summed E-state index contributed by atoms with van der Waals surface area (Å²) in [7, 11) is 0. The second-order valence-electron chi connectivity index (χ2n) is 2.24. The van der Waals surface area contributed by atoms with E-state index < -0.39 is 5.97 Å². The lowest BCUT2D eigenvalue weighted by molar-refractivity contribution is 0.0690. The first kappa shape index (κ1) is 8.86. The molecule has 0 atom stereocenters. The first-order chi connectivity index (χ1) is 5.63. The Morgan fingerprint density at radius 3 is 3.00 bits per heavy atom. The van der Waals surface area contributed by atoms with Gasteiger partial charge in [0.25, 0.3) is 0 Å². The largest absolute Gasteiger partial charge is 0.477 e. The number of H-pyrrole nitrogens is 1. The highest BCUT2D eigenvalue weighted by molar-refractivity contribution is 7.71. The Labute approximate surface area is 74.3 Å². The van der Waals surface area contributed by atoms with Gasteiger partial charge in [-0.25, -0.2) is 9.78 Å². The van der Waals surface area contributed by atoms with Gasteiger partial charge in [0.2, 0.25) is 0 Å². The van der Waals surface area contributed by atoms with E-state index >= 15 is 0 Å². The van der Waals surface area contributed by atoms with Crippen molar-refractivity contribution in [1.29, 1.82) is 0 Å². The molecule has 64 valence electrons. The van der Waals surface area contributed by atoms with Gasteiger partial charge in [-0.3, -0.25) is 0 Å². The third-order valence-corrected chi connectivity index (χ3v) is 1.57. The molecule has 0 aliphatic heterocycles. The van der Waals surface area contributed by atoms with Crippen molar-refractivity contribution in [3.63, 3.8) is 0 Å². The average Bonchev–Trinajstić information content (AvgIpc) is 2.03. The zero-order chi connectivity index (χ0) is 9.14. The number of aromatic amines is 1. The smallest absolute Gasteiger partial charge is 0.352 e. The maximum absolute atomic E-state index is 10.5. The van der Waals surface area contributed by atoms with E-state index in [0.717, 1.165) is 0 Å². The summed E-state index contributed by atoms with van der Waals surface area (Å²) in [5.74, 6) is -0.418. The highest BCUT2D eigenvalue weighted by Crippen LogP contribution is 1.98. The van der Waals surface area contributed by atoms with E-state index in [2.05, 4.69) is 9.97 Å². The first-order valence-electron chi connectivity index (χ1n) is 3.47. The molecular formula is C7H8N2O2S. The quantitative estimate of drug-likeness (QED) is 0.682. The van der Waals surface area contributed by atoms with Gasteiger partial charge in [0.15, 0.2) is 0 Å². The molecule has 0 radical (unpaired) electrons. The molecular weight excluding hydrogens is 176 g/mol. The molecule has 0 spiro atoms. The van der Waals surface area contributed by atoms with E-state index in [-0.39, 0.29) is 5.69 Å². The molecule has 1 aromatic rings. The third-order valence-electron chi connectivity index (χ3n) is 1.36. The molecule has 1 aromatic heterocycles. The van der Waals surface area contributed by atoms with Gasteiger partial charge in [0.05, 0.1) is 0 Å². The van der Waals surface area contributed by atoms with Crippen LogP contribution in [0.2, 0.25) is 0 Å². The van der Waals surface area contributed by atoms with Gasteiger partial charge in [-0.15, -0.1) is 0 Å². The van der Waals surface area contributed by atoms with Crippen LogP contribution in [-0.4, -0.2) is 21.0 Å².